The summed E-state index contributed by atoms with van der Waals surface area (Å²) in [5.74, 6) is 0. The minimum absolute atomic E-state index is 0.504. The molecule has 0 radical (unpaired) electrons. The summed E-state index contributed by atoms with van der Waals surface area (Å²) in [5.41, 5.74) is 16.0. The number of benzene rings is 26. The number of halogens is 2. The SMILES string of the molecule is Brc1c2ccccc2c(-c2ccc3ccccc3c2)c2ccccc12.Brc1c2ccccc2cc2ccccc12.OB(O)c1ccc(-c2cccc3ccccc23)cc1.OB(O)c1ccc2ccccc2c1.c1ccc2cc(-c3c4ccccc4c(-c4ccc(-c5cccc6ccccc56)cc4)c4ccccc34)ccc2c1.c1ccc2cc(-c3c4ccccc4cc4ccccc34)ccc2c1. The second-order valence-corrected chi connectivity index (χ2v) is 35.8. The molecule has 4 N–H and O–H groups in total. The van der Waals surface area contributed by atoms with Crippen molar-refractivity contribution in [1.29, 1.82) is 0 Å². The third-order valence-electron chi connectivity index (χ3n) is 26.0. The van der Waals surface area contributed by atoms with Gasteiger partial charge in [0.2, 0.25) is 0 Å². The zero-order valence-electron chi connectivity index (χ0n) is 74.2. The molecule has 26 rings (SSSR count). The second-order valence-electron chi connectivity index (χ2n) is 34.2. The minimum Gasteiger partial charge on any atom is -0.423 e. The maximum absolute atomic E-state index is 9.11. The molecule has 0 amide bonds. The zero-order valence-corrected chi connectivity index (χ0v) is 77.4. The quantitative estimate of drug-likeness (QED) is 0.0903. The number of rotatable bonds is 8. The van der Waals surface area contributed by atoms with E-state index >= 15 is 0 Å². The van der Waals surface area contributed by atoms with E-state index in [1.165, 1.54) is 205 Å². The molecule has 0 unspecified atom stereocenters. The van der Waals surface area contributed by atoms with Crippen LogP contribution in [0, 0.1) is 0 Å². The van der Waals surface area contributed by atoms with E-state index in [4.69, 9.17) is 20.1 Å². The lowest BCUT2D eigenvalue weighted by atomic mass is 9.79. The van der Waals surface area contributed by atoms with E-state index in [9.17, 15) is 0 Å². The summed E-state index contributed by atoms with van der Waals surface area (Å²) in [6.45, 7) is 0. The lowest BCUT2D eigenvalue weighted by molar-refractivity contribution is 0.424. The molecule has 26 aromatic rings. The van der Waals surface area contributed by atoms with E-state index < -0.39 is 14.2 Å². The van der Waals surface area contributed by atoms with Crippen LogP contribution in [0.5, 0.6) is 0 Å². The second kappa shape index (κ2) is 39.2. The van der Waals surface area contributed by atoms with Crippen molar-refractivity contribution in [2.75, 3.05) is 0 Å². The van der Waals surface area contributed by atoms with E-state index in [0.717, 1.165) is 21.9 Å². The topological polar surface area (TPSA) is 80.9 Å². The first-order chi connectivity index (χ1) is 67.0. The molecule has 0 aliphatic carbocycles. The fourth-order valence-corrected chi connectivity index (χ4v) is 20.8. The van der Waals surface area contributed by atoms with E-state index in [1.807, 2.05) is 60.7 Å². The first-order valence-corrected chi connectivity index (χ1v) is 47.4. The van der Waals surface area contributed by atoms with Crippen LogP contribution in [0.3, 0.4) is 0 Å². The molecule has 8 heteroatoms. The molecule has 0 saturated carbocycles. The average molecular weight is 1870 g/mol. The van der Waals surface area contributed by atoms with Crippen LogP contribution >= 0.6 is 31.9 Å². The molecular weight excluding hydrogens is 1780 g/mol. The Morgan fingerprint density at radius 3 is 0.699 bits per heavy atom. The van der Waals surface area contributed by atoms with Gasteiger partial charge in [-0.3, -0.25) is 0 Å². The molecule has 0 atom stereocenters. The lowest BCUT2D eigenvalue weighted by Crippen LogP contribution is -2.29. The largest absolute Gasteiger partial charge is 0.488 e. The highest BCUT2D eigenvalue weighted by atomic mass is 79.9. The van der Waals surface area contributed by atoms with Crippen LogP contribution in [-0.2, 0) is 0 Å². The van der Waals surface area contributed by atoms with Gasteiger partial charge in [0, 0.05) is 8.95 Å². The van der Waals surface area contributed by atoms with Gasteiger partial charge < -0.3 is 20.1 Å². The Morgan fingerprint density at radius 1 is 0.132 bits per heavy atom. The minimum atomic E-state index is -1.42. The van der Waals surface area contributed by atoms with E-state index in [-0.39, 0.29) is 0 Å². The Bertz CT molecular complexity index is 8760. The van der Waals surface area contributed by atoms with E-state index in [0.29, 0.717) is 10.9 Å². The van der Waals surface area contributed by atoms with Gasteiger partial charge in [-0.2, -0.15) is 0 Å². The van der Waals surface area contributed by atoms with Crippen molar-refractivity contribution in [2.24, 2.45) is 0 Å². The maximum Gasteiger partial charge on any atom is 0.488 e. The molecule has 0 heterocycles. The van der Waals surface area contributed by atoms with Crippen LogP contribution in [0.25, 0.3) is 218 Å². The third kappa shape index (κ3) is 17.8. The molecule has 0 spiro atoms. The highest BCUT2D eigenvalue weighted by Gasteiger charge is 2.21. The number of hydrogen-bond donors (Lipinski definition) is 4. The first kappa shape index (κ1) is 87.0. The standard InChI is InChI=1S/C40H26.C24H15Br.C24H16.C16H13BO2.C14H9Br.C10H9BO2/c1-2-12-31-26-32(25-20-27(31)10-1)40-37-17-7-5-15-35(37)39(36-16-6-8-18-38(36)40)30-23-21-29(22-24-30)34-19-9-13-28-11-3-4-14-33(28)34;25-24-21-11-5-3-9-19(21)23(20-10-4-6-12-22(20)24)18-14-13-16-7-1-2-8-17(16)15-18;1-2-8-18-15-21(14-13-17(18)7-1)24-22-11-5-3-9-19(22)16-20-10-4-6-12-23(20)24;18-17(19)14-10-8-13(9-11-14)16-7-3-5-12-4-1-2-6-15(12)16;15-14-12-7-3-1-5-10(12)9-11-6-2-4-8-13(11)14;12-11(13)10-6-5-8-3-1-2-4-9(8)7-10/h1-26H;1-15H;1-16H;1-11,18-19H;1-9H;1-7,12-13H. The van der Waals surface area contributed by atoms with E-state index in [2.05, 4.69) is 457 Å². The highest BCUT2D eigenvalue weighted by molar-refractivity contribution is 9.11. The van der Waals surface area contributed by atoms with Crippen molar-refractivity contribution < 1.29 is 20.1 Å². The Kier molecular flexibility index (Phi) is 25.1. The molecule has 644 valence electrons. The van der Waals surface area contributed by atoms with Crippen LogP contribution in [0.15, 0.2) is 519 Å². The van der Waals surface area contributed by atoms with Crippen LogP contribution in [-0.4, -0.2) is 34.3 Å². The Morgan fingerprint density at radius 2 is 0.346 bits per heavy atom. The highest BCUT2D eigenvalue weighted by Crippen LogP contribution is 2.47. The summed E-state index contributed by atoms with van der Waals surface area (Å²) in [6, 6.07) is 179. The molecule has 0 aromatic heterocycles. The number of fused-ring (bicyclic) bond motifs is 14. The Labute approximate surface area is 806 Å². The van der Waals surface area contributed by atoms with Crippen LogP contribution in [0.1, 0.15) is 0 Å². The molecule has 0 fully saturated rings. The first-order valence-electron chi connectivity index (χ1n) is 45.8. The van der Waals surface area contributed by atoms with Crippen LogP contribution in [0.2, 0.25) is 0 Å². The summed E-state index contributed by atoms with van der Waals surface area (Å²) in [4.78, 5) is 0. The van der Waals surface area contributed by atoms with Gasteiger partial charge in [0.15, 0.2) is 0 Å². The van der Waals surface area contributed by atoms with Gasteiger partial charge in [-0.1, -0.05) is 479 Å². The predicted molar refractivity (Wildman–Crippen MR) is 591 cm³/mol. The molecule has 0 saturated heterocycles. The smallest absolute Gasteiger partial charge is 0.423 e. The van der Waals surface area contributed by atoms with Crippen molar-refractivity contribution in [3.05, 3.63) is 519 Å². The van der Waals surface area contributed by atoms with Crippen LogP contribution < -0.4 is 10.9 Å². The van der Waals surface area contributed by atoms with Gasteiger partial charge in [-0.05, 0) is 291 Å². The predicted octanol–water partition coefficient (Wildman–Crippen LogP) is 33.2. The van der Waals surface area contributed by atoms with Gasteiger partial charge >= 0.3 is 14.2 Å². The van der Waals surface area contributed by atoms with Crippen molar-refractivity contribution in [2.45, 2.75) is 0 Å². The fourth-order valence-electron chi connectivity index (χ4n) is 19.4. The molecule has 0 bridgehead atoms. The monoisotopic (exact) mass is 1870 g/mol. The third-order valence-corrected chi connectivity index (χ3v) is 27.8. The average Bonchev–Trinajstić information content (AvgIpc) is 0.732. The van der Waals surface area contributed by atoms with E-state index in [1.54, 1.807) is 24.3 Å². The molecular formula is C128H88B2Br2O4. The normalized spacial score (nSPS) is 11.2. The zero-order chi connectivity index (χ0) is 92.0. The molecule has 136 heavy (non-hydrogen) atoms. The van der Waals surface area contributed by atoms with Gasteiger partial charge in [-0.15, -0.1) is 0 Å². The van der Waals surface area contributed by atoms with Gasteiger partial charge in [-0.25, -0.2) is 0 Å². The summed E-state index contributed by atoms with van der Waals surface area (Å²) in [7, 11) is -2.80. The molecule has 26 aromatic carbocycles. The molecule has 4 nitrogen and oxygen atoms in total. The summed E-state index contributed by atoms with van der Waals surface area (Å²) in [5, 5.41) is 71.3. The fraction of sp³-hybridized carbons (Fsp3) is 0. The van der Waals surface area contributed by atoms with Crippen molar-refractivity contribution in [3.8, 4) is 66.8 Å². The lowest BCUT2D eigenvalue weighted by Gasteiger charge is -2.18. The van der Waals surface area contributed by atoms with Gasteiger partial charge in [0.1, 0.15) is 0 Å². The summed E-state index contributed by atoms with van der Waals surface area (Å²) < 4.78 is 2.36. The molecule has 0 aliphatic rings. The van der Waals surface area contributed by atoms with Crippen LogP contribution in [0.4, 0.5) is 0 Å². The molecule has 0 aliphatic heterocycles. The Balaban J connectivity index is 0.000000102. The summed E-state index contributed by atoms with van der Waals surface area (Å²) >= 11 is 7.51. The maximum atomic E-state index is 9.11. The number of hydrogen-bond acceptors (Lipinski definition) is 4. The van der Waals surface area contributed by atoms with Crippen molar-refractivity contribution in [3.63, 3.8) is 0 Å². The van der Waals surface area contributed by atoms with Crippen molar-refractivity contribution >= 4 is 208 Å². The Hall–Kier alpha value is -15.7. The summed E-state index contributed by atoms with van der Waals surface area (Å²) in [6.07, 6.45) is 0. The van der Waals surface area contributed by atoms with Gasteiger partial charge in [0.25, 0.3) is 0 Å². The van der Waals surface area contributed by atoms with Gasteiger partial charge in [0.05, 0.1) is 0 Å². The van der Waals surface area contributed by atoms with Crippen molar-refractivity contribution in [1.82, 2.24) is 0 Å².